The Hall–Kier alpha value is -3.49. The molecule has 1 saturated heterocycles. The maximum atomic E-state index is 15.0. The molecule has 198 valence electrons. The monoisotopic (exact) mass is 549 g/mol. The molecule has 37 heavy (non-hydrogen) atoms. The van der Waals surface area contributed by atoms with Crippen LogP contribution < -0.4 is 15.4 Å². The summed E-state index contributed by atoms with van der Waals surface area (Å²) < 4.78 is 101. The van der Waals surface area contributed by atoms with Crippen molar-refractivity contribution in [2.24, 2.45) is 4.36 Å². The largest absolute Gasteiger partial charge is 0.481 e. The fourth-order valence-corrected chi connectivity index (χ4v) is 4.27. The molecular weight excluding hydrogens is 531 g/mol. The number of amides is 1. The first-order valence-corrected chi connectivity index (χ1v) is 12.2. The van der Waals surface area contributed by atoms with Crippen molar-refractivity contribution in [3.05, 3.63) is 48.3 Å². The van der Waals surface area contributed by atoms with Gasteiger partial charge in [-0.1, -0.05) is 10.7 Å². The molecule has 1 fully saturated rings. The molecule has 2 aromatic carbocycles. The summed E-state index contributed by atoms with van der Waals surface area (Å²) in [4.78, 5) is 19.9. The predicted octanol–water partition coefficient (Wildman–Crippen LogP) is 5.18. The van der Waals surface area contributed by atoms with Crippen LogP contribution in [0.1, 0.15) is 6.42 Å². The Kier molecular flexibility index (Phi) is 7.52. The van der Waals surface area contributed by atoms with Crippen LogP contribution in [0.5, 0.6) is 5.75 Å². The molecule has 1 aliphatic rings. The van der Waals surface area contributed by atoms with Gasteiger partial charge in [-0.2, -0.15) is 22.0 Å². The summed E-state index contributed by atoms with van der Waals surface area (Å²) >= 11 is 0. The van der Waals surface area contributed by atoms with Gasteiger partial charge in [0.15, 0.2) is 6.61 Å². The van der Waals surface area contributed by atoms with Crippen LogP contribution in [0, 0.1) is 11.6 Å². The van der Waals surface area contributed by atoms with Gasteiger partial charge in [-0.3, -0.25) is 4.79 Å². The van der Waals surface area contributed by atoms with E-state index in [-0.39, 0.29) is 38.8 Å². The van der Waals surface area contributed by atoms with Gasteiger partial charge in [-0.25, -0.2) is 23.1 Å². The zero-order chi connectivity index (χ0) is 26.8. The Morgan fingerprint density at radius 3 is 2.51 bits per heavy atom. The SMILES string of the molecule is O=C(COc1cc(F)ccc1Nc1ncnc2cc(N=S3CCC3)cc(F)c12)NCC(F)(F)C(F)(F)F. The molecule has 3 aromatic rings. The van der Waals surface area contributed by atoms with Crippen LogP contribution in [-0.4, -0.2) is 52.6 Å². The van der Waals surface area contributed by atoms with Crippen molar-refractivity contribution < 1.29 is 40.3 Å². The average molecular weight is 549 g/mol. The third-order valence-corrected chi connectivity index (χ3v) is 7.14. The van der Waals surface area contributed by atoms with Crippen molar-refractivity contribution in [1.29, 1.82) is 0 Å². The second kappa shape index (κ2) is 10.5. The summed E-state index contributed by atoms with van der Waals surface area (Å²) in [6, 6.07) is 5.89. The van der Waals surface area contributed by atoms with E-state index in [9.17, 15) is 31.1 Å². The van der Waals surface area contributed by atoms with E-state index in [0.717, 1.165) is 36.4 Å². The molecule has 0 aliphatic carbocycles. The van der Waals surface area contributed by atoms with E-state index in [1.54, 1.807) is 6.07 Å². The third kappa shape index (κ3) is 6.26. The number of alkyl halides is 5. The fraction of sp³-hybridized carbons (Fsp3) is 0.318. The number of rotatable bonds is 8. The highest BCUT2D eigenvalue weighted by Gasteiger charge is 2.57. The normalized spacial score (nSPS) is 14.2. The van der Waals surface area contributed by atoms with Gasteiger partial charge < -0.3 is 15.4 Å². The van der Waals surface area contributed by atoms with Gasteiger partial charge in [-0.15, -0.1) is 0 Å². The summed E-state index contributed by atoms with van der Waals surface area (Å²) in [7, 11) is -0.141. The fourth-order valence-electron chi connectivity index (χ4n) is 3.14. The molecule has 1 aromatic heterocycles. The van der Waals surface area contributed by atoms with E-state index in [4.69, 9.17) is 4.74 Å². The van der Waals surface area contributed by atoms with E-state index in [0.29, 0.717) is 5.69 Å². The Bertz CT molecular complexity index is 1360. The van der Waals surface area contributed by atoms with Crippen molar-refractivity contribution >= 4 is 44.7 Å². The maximum Gasteiger partial charge on any atom is 0.455 e. The Morgan fingerprint density at radius 2 is 1.84 bits per heavy atom. The van der Waals surface area contributed by atoms with Gasteiger partial charge in [0.25, 0.3) is 5.91 Å². The number of aromatic nitrogens is 2. The van der Waals surface area contributed by atoms with E-state index >= 15 is 4.39 Å². The number of fused-ring (bicyclic) bond motifs is 1. The zero-order valence-corrected chi connectivity index (χ0v) is 19.5. The van der Waals surface area contributed by atoms with Crippen molar-refractivity contribution in [1.82, 2.24) is 15.3 Å². The smallest absolute Gasteiger partial charge is 0.455 e. The minimum absolute atomic E-state index is 0.000734. The molecule has 2 N–H and O–H groups in total. The number of anilines is 2. The van der Waals surface area contributed by atoms with Crippen molar-refractivity contribution in [2.75, 3.05) is 30.0 Å². The van der Waals surface area contributed by atoms with E-state index < -0.39 is 42.8 Å². The molecule has 4 rings (SSSR count). The number of nitrogens with one attached hydrogen (secondary N) is 2. The van der Waals surface area contributed by atoms with Crippen LogP contribution in [0.15, 0.2) is 41.0 Å². The topological polar surface area (TPSA) is 88.5 Å². The first kappa shape index (κ1) is 26.6. The van der Waals surface area contributed by atoms with E-state index in [1.807, 2.05) is 0 Å². The molecule has 1 aliphatic heterocycles. The second-order valence-corrected chi connectivity index (χ2v) is 9.82. The maximum absolute atomic E-state index is 15.0. The van der Waals surface area contributed by atoms with Crippen molar-refractivity contribution in [2.45, 2.75) is 18.5 Å². The number of nitrogens with zero attached hydrogens (tertiary/aromatic N) is 3. The van der Waals surface area contributed by atoms with Crippen molar-refractivity contribution in [3.63, 3.8) is 0 Å². The van der Waals surface area contributed by atoms with Crippen LogP contribution in [0.2, 0.25) is 0 Å². The molecular formula is C22H18F7N5O2S. The number of hydrogen-bond acceptors (Lipinski definition) is 6. The molecule has 0 radical (unpaired) electrons. The van der Waals surface area contributed by atoms with Crippen LogP contribution in [0.25, 0.3) is 10.9 Å². The molecule has 7 nitrogen and oxygen atoms in total. The zero-order valence-electron chi connectivity index (χ0n) is 18.7. The lowest BCUT2D eigenvalue weighted by Gasteiger charge is -2.20. The highest BCUT2D eigenvalue weighted by atomic mass is 32.2. The predicted molar refractivity (Wildman–Crippen MR) is 122 cm³/mol. The Morgan fingerprint density at radius 1 is 1.08 bits per heavy atom. The minimum Gasteiger partial charge on any atom is -0.481 e. The number of ether oxygens (including phenoxy) is 1. The highest BCUT2D eigenvalue weighted by molar-refractivity contribution is 7.88. The van der Waals surface area contributed by atoms with Crippen molar-refractivity contribution in [3.8, 4) is 5.75 Å². The summed E-state index contributed by atoms with van der Waals surface area (Å²) in [5, 5.41) is 4.17. The molecule has 0 unspecified atom stereocenters. The lowest BCUT2D eigenvalue weighted by atomic mass is 10.2. The molecule has 1 amide bonds. The third-order valence-electron chi connectivity index (χ3n) is 5.15. The minimum atomic E-state index is -5.84. The number of carbonyl (C=O) groups excluding carboxylic acids is 1. The van der Waals surface area contributed by atoms with Crippen LogP contribution in [-0.2, 0) is 15.5 Å². The summed E-state index contributed by atoms with van der Waals surface area (Å²) in [5.41, 5.74) is 0.694. The van der Waals surface area contributed by atoms with Gasteiger partial charge in [-0.05, 0) is 24.6 Å². The van der Waals surface area contributed by atoms with Gasteiger partial charge in [0, 0.05) is 23.6 Å². The summed E-state index contributed by atoms with van der Waals surface area (Å²) in [6.45, 7) is -2.99. The second-order valence-electron chi connectivity index (χ2n) is 7.89. The molecule has 15 heteroatoms. The van der Waals surface area contributed by atoms with Crippen LogP contribution >= 0.6 is 0 Å². The van der Waals surface area contributed by atoms with Gasteiger partial charge in [0.1, 0.15) is 29.5 Å². The van der Waals surface area contributed by atoms with Gasteiger partial charge >= 0.3 is 12.1 Å². The van der Waals surface area contributed by atoms with Gasteiger partial charge in [0.2, 0.25) is 0 Å². The molecule has 0 bridgehead atoms. The molecule has 0 atom stereocenters. The standard InChI is InChI=1S/C22H18F7N5O2S/c23-12-2-3-15(17(6-12)36-9-18(35)30-10-21(25,26)22(27,28)29)33-20-19-14(24)7-13(34-37-4-1-5-37)8-16(19)31-11-32-20/h2-3,6-8,11H,1,4-5,9-10H2,(H,30,35)(H,31,32,33). The number of hydrogen-bond donors (Lipinski definition) is 2. The molecule has 0 spiro atoms. The number of carbonyl (C=O) groups is 1. The average Bonchev–Trinajstić information content (AvgIpc) is 2.79. The number of benzene rings is 2. The van der Waals surface area contributed by atoms with Crippen LogP contribution in [0.3, 0.4) is 0 Å². The Labute approximate surface area is 207 Å². The first-order valence-electron chi connectivity index (χ1n) is 10.7. The summed E-state index contributed by atoms with van der Waals surface area (Å²) in [5.74, 6) is -6.34. The van der Waals surface area contributed by atoms with Gasteiger partial charge in [0.05, 0.1) is 28.8 Å². The lowest BCUT2D eigenvalue weighted by Crippen LogP contribution is -2.47. The van der Waals surface area contributed by atoms with E-state index in [1.165, 1.54) is 17.4 Å². The van der Waals surface area contributed by atoms with Crippen LogP contribution in [0.4, 0.5) is 47.9 Å². The molecule has 2 heterocycles. The molecule has 0 saturated carbocycles. The highest BCUT2D eigenvalue weighted by Crippen LogP contribution is 2.35. The lowest BCUT2D eigenvalue weighted by molar-refractivity contribution is -0.278. The first-order chi connectivity index (χ1) is 17.4. The van der Waals surface area contributed by atoms with E-state index in [2.05, 4.69) is 19.6 Å². The summed E-state index contributed by atoms with van der Waals surface area (Å²) in [6.07, 6.45) is -3.61. The quantitative estimate of drug-likeness (QED) is 0.378. The Balaban J connectivity index is 1.52. The number of halogens is 7.